The van der Waals surface area contributed by atoms with E-state index in [9.17, 15) is 0 Å². The predicted octanol–water partition coefficient (Wildman–Crippen LogP) is 10.8. The van der Waals surface area contributed by atoms with Crippen molar-refractivity contribution in [1.29, 1.82) is 0 Å². The van der Waals surface area contributed by atoms with Crippen LogP contribution in [0, 0.1) is 0 Å². The Kier molecular flexibility index (Phi) is 15.9. The van der Waals surface area contributed by atoms with Gasteiger partial charge in [-0.25, -0.2) is 0 Å². The molecular weight excluding hydrogens is 402 g/mol. The molecule has 0 saturated carbocycles. The normalized spacial score (nSPS) is 11.3. The van der Waals surface area contributed by atoms with Crippen LogP contribution in [0.5, 0.6) is 0 Å². The second-order valence-electron chi connectivity index (χ2n) is 9.31. The Morgan fingerprint density at radius 1 is 0.485 bits per heavy atom. The predicted molar refractivity (Wildman–Crippen MR) is 145 cm³/mol. The molecule has 0 aliphatic carbocycles. The van der Waals surface area contributed by atoms with Crippen LogP contribution >= 0.6 is 0 Å². The van der Waals surface area contributed by atoms with E-state index in [0.29, 0.717) is 0 Å². The number of unbranched alkanes of at least 4 members (excludes halogenated alkanes) is 15. The maximum atomic E-state index is 4.30. The van der Waals surface area contributed by atoms with E-state index in [1.807, 2.05) is 42.5 Å². The zero-order chi connectivity index (χ0) is 23.2. The number of anilines is 1. The van der Waals surface area contributed by atoms with Gasteiger partial charge in [0.1, 0.15) is 0 Å². The van der Waals surface area contributed by atoms with Gasteiger partial charge in [-0.15, -0.1) is 0 Å². The van der Waals surface area contributed by atoms with Gasteiger partial charge in [0.2, 0.25) is 0 Å². The van der Waals surface area contributed by atoms with Crippen molar-refractivity contribution in [3.05, 3.63) is 54.6 Å². The van der Waals surface area contributed by atoms with Crippen LogP contribution in [0.4, 0.5) is 17.1 Å². The first-order chi connectivity index (χ1) is 16.4. The summed E-state index contributed by atoms with van der Waals surface area (Å²) in [5.41, 5.74) is 2.92. The van der Waals surface area contributed by atoms with Gasteiger partial charge in [-0.3, -0.25) is 0 Å². The lowest BCUT2D eigenvalue weighted by Gasteiger charge is -2.07. The number of nitrogens with zero attached hydrogens (tertiary/aromatic N) is 2. The molecule has 0 unspecified atom stereocenters. The third kappa shape index (κ3) is 14.6. The van der Waals surface area contributed by atoms with E-state index in [2.05, 4.69) is 34.6 Å². The van der Waals surface area contributed by atoms with Crippen LogP contribution in [-0.4, -0.2) is 6.54 Å². The Morgan fingerprint density at radius 3 is 1.39 bits per heavy atom. The van der Waals surface area contributed by atoms with Gasteiger partial charge < -0.3 is 5.32 Å². The molecule has 0 saturated heterocycles. The zero-order valence-electron chi connectivity index (χ0n) is 21.1. The Bertz CT molecular complexity index is 709. The molecule has 0 radical (unpaired) electrons. The summed E-state index contributed by atoms with van der Waals surface area (Å²) < 4.78 is 0. The quantitative estimate of drug-likeness (QED) is 0.158. The summed E-state index contributed by atoms with van der Waals surface area (Å²) in [6.45, 7) is 3.34. The SMILES string of the molecule is CCCCCCCCCCCCCCCCCCNc1ccc(/N=N/c2ccccc2)cc1. The van der Waals surface area contributed by atoms with Crippen molar-refractivity contribution >= 4 is 17.1 Å². The Hall–Kier alpha value is -2.16. The average molecular weight is 450 g/mol. The monoisotopic (exact) mass is 449 g/mol. The smallest absolute Gasteiger partial charge is 0.0858 e. The minimum absolute atomic E-state index is 0.878. The highest BCUT2D eigenvalue weighted by atomic mass is 15.1. The lowest BCUT2D eigenvalue weighted by atomic mass is 10.0. The fourth-order valence-electron chi connectivity index (χ4n) is 4.16. The van der Waals surface area contributed by atoms with Crippen LogP contribution in [0.15, 0.2) is 64.8 Å². The molecule has 2 aromatic carbocycles. The lowest BCUT2D eigenvalue weighted by Crippen LogP contribution is -2.00. The van der Waals surface area contributed by atoms with Crippen molar-refractivity contribution < 1.29 is 0 Å². The molecule has 0 aliphatic rings. The molecule has 2 aromatic rings. The lowest BCUT2D eigenvalue weighted by molar-refractivity contribution is 0.530. The fourth-order valence-corrected chi connectivity index (χ4v) is 4.16. The van der Waals surface area contributed by atoms with Gasteiger partial charge >= 0.3 is 0 Å². The summed E-state index contributed by atoms with van der Waals surface area (Å²) in [6, 6.07) is 18.1. The van der Waals surface area contributed by atoms with Crippen molar-refractivity contribution in [2.45, 2.75) is 110 Å². The molecule has 182 valence electrons. The molecule has 0 fully saturated rings. The Balaban J connectivity index is 1.37. The van der Waals surface area contributed by atoms with Crippen molar-refractivity contribution in [3.8, 4) is 0 Å². The molecule has 3 heteroatoms. The van der Waals surface area contributed by atoms with E-state index < -0.39 is 0 Å². The highest BCUT2D eigenvalue weighted by molar-refractivity contribution is 5.51. The fraction of sp³-hybridized carbons (Fsp3) is 0.600. The van der Waals surface area contributed by atoms with Crippen molar-refractivity contribution in [2.24, 2.45) is 10.2 Å². The molecule has 33 heavy (non-hydrogen) atoms. The van der Waals surface area contributed by atoms with Gasteiger partial charge in [-0.2, -0.15) is 10.2 Å². The van der Waals surface area contributed by atoms with Gasteiger partial charge in [-0.1, -0.05) is 121 Å². The van der Waals surface area contributed by atoms with Crippen molar-refractivity contribution in [3.63, 3.8) is 0 Å². The first-order valence-corrected chi connectivity index (χ1v) is 13.7. The maximum Gasteiger partial charge on any atom is 0.0858 e. The summed E-state index contributed by atoms with van der Waals surface area (Å²) in [7, 11) is 0. The summed E-state index contributed by atoms with van der Waals surface area (Å²) >= 11 is 0. The van der Waals surface area contributed by atoms with E-state index in [4.69, 9.17) is 0 Å². The molecule has 0 heterocycles. The van der Waals surface area contributed by atoms with Crippen LogP contribution < -0.4 is 5.32 Å². The van der Waals surface area contributed by atoms with Crippen molar-refractivity contribution in [1.82, 2.24) is 0 Å². The molecule has 0 atom stereocenters. The molecule has 3 nitrogen and oxygen atoms in total. The van der Waals surface area contributed by atoms with Gasteiger partial charge in [0.05, 0.1) is 11.4 Å². The van der Waals surface area contributed by atoms with Crippen LogP contribution in [0.3, 0.4) is 0 Å². The van der Waals surface area contributed by atoms with Gasteiger partial charge in [0.15, 0.2) is 0 Å². The molecule has 0 amide bonds. The standard InChI is InChI=1S/C30H47N3/c1-2-3-4-5-6-7-8-9-10-11-12-13-14-15-16-20-27-31-28-23-25-30(26-24-28)33-32-29-21-18-17-19-22-29/h17-19,21-26,31H,2-16,20,27H2,1H3/b33-32+. The second-order valence-corrected chi connectivity index (χ2v) is 9.31. The van der Waals surface area contributed by atoms with E-state index in [1.54, 1.807) is 0 Å². The number of hydrogen-bond donors (Lipinski definition) is 1. The van der Waals surface area contributed by atoms with E-state index in [0.717, 1.165) is 23.6 Å². The number of hydrogen-bond acceptors (Lipinski definition) is 3. The van der Waals surface area contributed by atoms with Crippen molar-refractivity contribution in [2.75, 3.05) is 11.9 Å². The molecule has 0 aromatic heterocycles. The highest BCUT2D eigenvalue weighted by Gasteiger charge is 1.96. The van der Waals surface area contributed by atoms with Crippen LogP contribution in [0.1, 0.15) is 110 Å². The molecule has 1 N–H and O–H groups in total. The molecular formula is C30H47N3. The average Bonchev–Trinajstić information content (AvgIpc) is 2.86. The summed E-state index contributed by atoms with van der Waals surface area (Å²) in [4.78, 5) is 0. The largest absolute Gasteiger partial charge is 0.385 e. The van der Waals surface area contributed by atoms with E-state index in [1.165, 1.54) is 103 Å². The minimum atomic E-state index is 0.878. The number of nitrogens with one attached hydrogen (secondary N) is 1. The van der Waals surface area contributed by atoms with Gasteiger partial charge in [0.25, 0.3) is 0 Å². The number of azo groups is 1. The molecule has 2 rings (SSSR count). The summed E-state index contributed by atoms with van der Waals surface area (Å²) in [5, 5.41) is 12.1. The van der Waals surface area contributed by atoms with Gasteiger partial charge in [0, 0.05) is 12.2 Å². The zero-order valence-corrected chi connectivity index (χ0v) is 21.1. The maximum absolute atomic E-state index is 4.30. The summed E-state index contributed by atoms with van der Waals surface area (Å²) in [5.74, 6) is 0. The highest BCUT2D eigenvalue weighted by Crippen LogP contribution is 2.20. The molecule has 0 bridgehead atoms. The second kappa shape index (κ2) is 19.3. The van der Waals surface area contributed by atoms with Crippen LogP contribution in [0.25, 0.3) is 0 Å². The minimum Gasteiger partial charge on any atom is -0.385 e. The van der Waals surface area contributed by atoms with Crippen LogP contribution in [-0.2, 0) is 0 Å². The first kappa shape index (κ1) is 27.1. The molecule has 0 spiro atoms. The van der Waals surface area contributed by atoms with E-state index in [-0.39, 0.29) is 0 Å². The van der Waals surface area contributed by atoms with E-state index >= 15 is 0 Å². The topological polar surface area (TPSA) is 36.8 Å². The number of benzene rings is 2. The Morgan fingerprint density at radius 2 is 0.909 bits per heavy atom. The first-order valence-electron chi connectivity index (χ1n) is 13.7. The summed E-state index contributed by atoms with van der Waals surface area (Å²) in [6.07, 6.45) is 22.6. The Labute approximate surface area is 203 Å². The molecule has 0 aliphatic heterocycles. The third-order valence-corrected chi connectivity index (χ3v) is 6.26. The third-order valence-electron chi connectivity index (χ3n) is 6.26. The van der Waals surface area contributed by atoms with Crippen LogP contribution in [0.2, 0.25) is 0 Å². The number of rotatable bonds is 20. The van der Waals surface area contributed by atoms with Gasteiger partial charge in [-0.05, 0) is 42.8 Å².